The number of amides is 3. The number of rotatable bonds is 10. The highest BCUT2D eigenvalue weighted by Crippen LogP contribution is 2.03. The number of likely N-dealkylation sites (N-methyl/N-ethyl adjacent to an activating group) is 1. The summed E-state index contributed by atoms with van der Waals surface area (Å²) in [5, 5.41) is 19.3. The Kier molecular flexibility index (Phi) is 9.15. The highest BCUT2D eigenvalue weighted by molar-refractivity contribution is 5.91. The number of carbonyl (C=O) groups excluding carboxylic acids is 3. The summed E-state index contributed by atoms with van der Waals surface area (Å²) in [6.45, 7) is -0.402. The number of aliphatic hydroxyl groups excluding tert-OH is 1. The fraction of sp³-hybridized carbons (Fsp3) is 0.438. The SMILES string of the molecule is CNC(=O)CNC(=O)[C@H](Cc1ccccc1)NC(=O)CNC(O)CN. The van der Waals surface area contributed by atoms with E-state index in [1.807, 2.05) is 30.3 Å². The number of nitrogens with one attached hydrogen (secondary N) is 4. The average Bonchev–Trinajstić information content (AvgIpc) is 2.63. The minimum absolute atomic E-state index is 0.0344. The third-order valence-corrected chi connectivity index (χ3v) is 3.36. The van der Waals surface area contributed by atoms with Crippen molar-refractivity contribution >= 4 is 17.7 Å². The molecule has 0 aliphatic carbocycles. The summed E-state index contributed by atoms with van der Waals surface area (Å²) in [6.07, 6.45) is -0.730. The van der Waals surface area contributed by atoms with E-state index in [4.69, 9.17) is 5.73 Å². The van der Waals surface area contributed by atoms with Gasteiger partial charge in [0.15, 0.2) is 0 Å². The predicted molar refractivity (Wildman–Crippen MR) is 92.2 cm³/mol. The van der Waals surface area contributed by atoms with E-state index < -0.39 is 24.1 Å². The molecule has 25 heavy (non-hydrogen) atoms. The maximum absolute atomic E-state index is 12.3. The van der Waals surface area contributed by atoms with Crippen LogP contribution in [0.15, 0.2) is 30.3 Å². The summed E-state index contributed by atoms with van der Waals surface area (Å²) >= 11 is 0. The highest BCUT2D eigenvalue weighted by atomic mass is 16.3. The lowest BCUT2D eigenvalue weighted by molar-refractivity contribution is -0.130. The number of nitrogens with two attached hydrogens (primary N) is 1. The number of benzene rings is 1. The van der Waals surface area contributed by atoms with Gasteiger partial charge in [-0.25, -0.2) is 0 Å². The van der Waals surface area contributed by atoms with Gasteiger partial charge in [0.25, 0.3) is 0 Å². The van der Waals surface area contributed by atoms with Crippen molar-refractivity contribution in [2.75, 3.05) is 26.7 Å². The molecule has 1 unspecified atom stereocenters. The molecule has 0 bridgehead atoms. The molecular formula is C16H25N5O4. The molecule has 0 aromatic heterocycles. The third-order valence-electron chi connectivity index (χ3n) is 3.36. The number of hydrogen-bond donors (Lipinski definition) is 6. The molecule has 0 saturated carbocycles. The molecule has 7 N–H and O–H groups in total. The lowest BCUT2D eigenvalue weighted by Crippen LogP contribution is -2.52. The van der Waals surface area contributed by atoms with Gasteiger partial charge in [-0.05, 0) is 5.56 Å². The van der Waals surface area contributed by atoms with Gasteiger partial charge in [-0.2, -0.15) is 0 Å². The zero-order chi connectivity index (χ0) is 18.7. The highest BCUT2D eigenvalue weighted by Gasteiger charge is 2.21. The number of carbonyl (C=O) groups is 3. The fourth-order valence-electron chi connectivity index (χ4n) is 1.98. The second kappa shape index (κ2) is 11.1. The number of hydrogen-bond acceptors (Lipinski definition) is 6. The first kappa shape index (κ1) is 20.6. The van der Waals surface area contributed by atoms with Crippen LogP contribution in [0.25, 0.3) is 0 Å². The molecule has 0 radical (unpaired) electrons. The van der Waals surface area contributed by atoms with E-state index in [1.165, 1.54) is 7.05 Å². The predicted octanol–water partition coefficient (Wildman–Crippen LogP) is -2.56. The van der Waals surface area contributed by atoms with E-state index in [0.29, 0.717) is 0 Å². The van der Waals surface area contributed by atoms with Gasteiger partial charge in [0.1, 0.15) is 12.3 Å². The summed E-state index contributed by atoms with van der Waals surface area (Å²) in [6, 6.07) is 8.33. The van der Waals surface area contributed by atoms with Crippen LogP contribution in [0.1, 0.15) is 5.56 Å². The Bertz CT molecular complexity index is 567. The van der Waals surface area contributed by atoms with Crippen molar-refractivity contribution in [3.8, 4) is 0 Å². The van der Waals surface area contributed by atoms with Crippen LogP contribution in [-0.2, 0) is 20.8 Å². The first-order valence-corrected chi connectivity index (χ1v) is 7.89. The fourth-order valence-corrected chi connectivity index (χ4v) is 1.98. The first-order valence-electron chi connectivity index (χ1n) is 7.89. The lowest BCUT2D eigenvalue weighted by Gasteiger charge is -2.19. The van der Waals surface area contributed by atoms with E-state index >= 15 is 0 Å². The molecule has 138 valence electrons. The largest absolute Gasteiger partial charge is 0.377 e. The van der Waals surface area contributed by atoms with Crippen molar-refractivity contribution in [3.63, 3.8) is 0 Å². The number of aliphatic hydroxyl groups is 1. The summed E-state index contributed by atoms with van der Waals surface area (Å²) < 4.78 is 0. The Hall–Kier alpha value is -2.49. The second-order valence-electron chi connectivity index (χ2n) is 5.33. The molecule has 1 rings (SSSR count). The molecule has 0 heterocycles. The lowest BCUT2D eigenvalue weighted by atomic mass is 10.1. The summed E-state index contributed by atoms with van der Waals surface area (Å²) in [7, 11) is 1.46. The van der Waals surface area contributed by atoms with E-state index in [-0.39, 0.29) is 32.0 Å². The molecule has 0 aliphatic rings. The normalized spacial score (nSPS) is 12.8. The molecule has 2 atom stereocenters. The molecule has 0 spiro atoms. The van der Waals surface area contributed by atoms with Crippen molar-refractivity contribution in [3.05, 3.63) is 35.9 Å². The molecule has 9 heteroatoms. The van der Waals surface area contributed by atoms with Gasteiger partial charge in [0.2, 0.25) is 17.7 Å². The Morgan fingerprint density at radius 1 is 1.12 bits per heavy atom. The quantitative estimate of drug-likeness (QED) is 0.256. The van der Waals surface area contributed by atoms with Crippen molar-refractivity contribution in [2.24, 2.45) is 5.73 Å². The van der Waals surface area contributed by atoms with Crippen molar-refractivity contribution < 1.29 is 19.5 Å². The van der Waals surface area contributed by atoms with Gasteiger partial charge in [-0.1, -0.05) is 30.3 Å². The molecule has 1 aromatic rings. The smallest absolute Gasteiger partial charge is 0.243 e. The van der Waals surface area contributed by atoms with E-state index in [0.717, 1.165) is 5.56 Å². The standard InChI is InChI=1S/C16H25N5O4/c1-18-14(23)9-20-16(25)12(7-11-5-3-2-4-6-11)21-15(24)10-19-13(22)8-17/h2-6,12-13,19,22H,7-10,17H2,1H3,(H,18,23)(H,20,25)(H,21,24)/t12-,13?/m0/s1. The van der Waals surface area contributed by atoms with Crippen LogP contribution < -0.4 is 27.0 Å². The zero-order valence-electron chi connectivity index (χ0n) is 14.1. The molecule has 0 fully saturated rings. The Morgan fingerprint density at radius 2 is 1.80 bits per heavy atom. The van der Waals surface area contributed by atoms with Gasteiger partial charge in [0.05, 0.1) is 13.1 Å². The topological polar surface area (TPSA) is 146 Å². The zero-order valence-corrected chi connectivity index (χ0v) is 14.1. The Labute approximate surface area is 146 Å². The van der Waals surface area contributed by atoms with Crippen LogP contribution in [0, 0.1) is 0 Å². The molecule has 1 aromatic carbocycles. The second-order valence-corrected chi connectivity index (χ2v) is 5.33. The van der Waals surface area contributed by atoms with E-state index in [9.17, 15) is 19.5 Å². The maximum atomic E-state index is 12.3. The third kappa shape index (κ3) is 8.25. The summed E-state index contributed by atoms with van der Waals surface area (Å²) in [5.41, 5.74) is 6.10. The first-order chi connectivity index (χ1) is 12.0. The van der Waals surface area contributed by atoms with Crippen LogP contribution in [0.4, 0.5) is 0 Å². The average molecular weight is 351 g/mol. The molecule has 0 aliphatic heterocycles. The monoisotopic (exact) mass is 351 g/mol. The van der Waals surface area contributed by atoms with Crippen LogP contribution >= 0.6 is 0 Å². The van der Waals surface area contributed by atoms with Crippen molar-refractivity contribution in [1.82, 2.24) is 21.3 Å². The van der Waals surface area contributed by atoms with Crippen LogP contribution in [-0.4, -0.2) is 61.8 Å². The molecular weight excluding hydrogens is 326 g/mol. The van der Waals surface area contributed by atoms with Gasteiger partial charge in [-0.3, -0.25) is 19.7 Å². The summed E-state index contributed by atoms with van der Waals surface area (Å²) in [4.78, 5) is 35.5. The summed E-state index contributed by atoms with van der Waals surface area (Å²) in [5.74, 6) is -1.28. The van der Waals surface area contributed by atoms with E-state index in [1.54, 1.807) is 0 Å². The molecule has 9 nitrogen and oxygen atoms in total. The van der Waals surface area contributed by atoms with Crippen molar-refractivity contribution in [2.45, 2.75) is 18.7 Å². The maximum Gasteiger partial charge on any atom is 0.243 e. The van der Waals surface area contributed by atoms with E-state index in [2.05, 4.69) is 21.3 Å². The van der Waals surface area contributed by atoms with Gasteiger partial charge in [-0.15, -0.1) is 0 Å². The molecule has 3 amide bonds. The van der Waals surface area contributed by atoms with Crippen LogP contribution in [0.3, 0.4) is 0 Å². The molecule has 0 saturated heterocycles. The van der Waals surface area contributed by atoms with Gasteiger partial charge < -0.3 is 26.8 Å². The van der Waals surface area contributed by atoms with Crippen LogP contribution in [0.2, 0.25) is 0 Å². The van der Waals surface area contributed by atoms with Gasteiger partial charge in [0, 0.05) is 20.0 Å². The minimum atomic E-state index is -1.000. The van der Waals surface area contributed by atoms with Gasteiger partial charge >= 0.3 is 0 Å². The Morgan fingerprint density at radius 3 is 2.40 bits per heavy atom. The van der Waals surface area contributed by atoms with Crippen molar-refractivity contribution in [1.29, 1.82) is 0 Å². The van der Waals surface area contributed by atoms with Crippen LogP contribution in [0.5, 0.6) is 0 Å². The minimum Gasteiger partial charge on any atom is -0.377 e. The Balaban J connectivity index is 2.68.